The highest BCUT2D eigenvalue weighted by Gasteiger charge is 2.41. The van der Waals surface area contributed by atoms with E-state index < -0.39 is 24.2 Å². The zero-order valence-electron chi connectivity index (χ0n) is 13.9. The molecule has 2 heterocycles. The number of rotatable bonds is 5. The molecule has 7 heteroatoms. The number of hydrogen-bond donors (Lipinski definition) is 2. The Hall–Kier alpha value is -2.54. The quantitative estimate of drug-likeness (QED) is 0.847. The second kappa shape index (κ2) is 7.57. The predicted molar refractivity (Wildman–Crippen MR) is 90.1 cm³/mol. The normalized spacial score (nSPS) is 24.0. The summed E-state index contributed by atoms with van der Waals surface area (Å²) in [6.45, 7) is 2.60. The zero-order chi connectivity index (χ0) is 17.8. The molecule has 1 aromatic carbocycles. The fourth-order valence-corrected chi connectivity index (χ4v) is 3.33. The lowest BCUT2D eigenvalue weighted by Crippen LogP contribution is -2.39. The minimum absolute atomic E-state index is 0.0946. The van der Waals surface area contributed by atoms with Gasteiger partial charge in [-0.05, 0) is 11.6 Å². The van der Waals surface area contributed by atoms with Crippen LogP contribution in [0.2, 0.25) is 0 Å². The van der Waals surface area contributed by atoms with Crippen LogP contribution in [0, 0.1) is 0 Å². The summed E-state index contributed by atoms with van der Waals surface area (Å²) < 4.78 is 5.88. The monoisotopic (exact) mass is 346 g/mol. The summed E-state index contributed by atoms with van der Waals surface area (Å²) in [5.74, 6) is -0.300. The highest BCUT2D eigenvalue weighted by molar-refractivity contribution is 5.80. The molecule has 1 saturated heterocycles. The second-order valence-electron chi connectivity index (χ2n) is 6.41. The van der Waals surface area contributed by atoms with Crippen LogP contribution >= 0.6 is 0 Å². The molecule has 2 aliphatic rings. The van der Waals surface area contributed by atoms with Crippen molar-refractivity contribution in [1.82, 2.24) is 9.80 Å². The Morgan fingerprint density at radius 1 is 1.20 bits per heavy atom. The van der Waals surface area contributed by atoms with Crippen LogP contribution in [0.1, 0.15) is 18.4 Å². The molecule has 0 aromatic heterocycles. The van der Waals surface area contributed by atoms with E-state index in [1.807, 2.05) is 24.3 Å². The number of hydrogen-bond acceptors (Lipinski definition) is 4. The fraction of sp³-hybridized carbons (Fsp3) is 0.444. The van der Waals surface area contributed by atoms with Crippen molar-refractivity contribution in [3.05, 3.63) is 47.7 Å². The standard InChI is InChI=1S/C18H22N2O5/c21-17(22)16-10-15(12-20(16)18(23)24)25-14-6-8-19(9-7-14)11-13-4-2-1-3-5-13/h1-6,15-16H,7-12H2,(H,21,22)(H,23,24)/t15-,16+/m1/s1. The van der Waals surface area contributed by atoms with E-state index in [-0.39, 0.29) is 13.0 Å². The highest BCUT2D eigenvalue weighted by Crippen LogP contribution is 2.25. The van der Waals surface area contributed by atoms with E-state index in [0.717, 1.165) is 36.7 Å². The van der Waals surface area contributed by atoms with Crippen LogP contribution in [0.5, 0.6) is 0 Å². The summed E-state index contributed by atoms with van der Waals surface area (Å²) in [5.41, 5.74) is 1.26. The Balaban J connectivity index is 1.53. The Bertz CT molecular complexity index is 639. The van der Waals surface area contributed by atoms with Crippen molar-refractivity contribution in [2.45, 2.75) is 31.5 Å². The van der Waals surface area contributed by atoms with Gasteiger partial charge < -0.3 is 14.9 Å². The Labute approximate surface area is 146 Å². The molecule has 1 aromatic rings. The van der Waals surface area contributed by atoms with Gasteiger partial charge in [0.2, 0.25) is 0 Å². The molecule has 1 amide bonds. The average Bonchev–Trinajstić information content (AvgIpc) is 3.02. The molecule has 0 unspecified atom stereocenters. The molecule has 0 aliphatic carbocycles. The minimum atomic E-state index is -1.22. The van der Waals surface area contributed by atoms with E-state index in [9.17, 15) is 9.59 Å². The SMILES string of the molecule is O=C(O)[C@@H]1C[C@@H](OC2=CCN(Cc3ccccc3)CC2)CN1C(=O)O. The molecule has 0 bridgehead atoms. The van der Waals surface area contributed by atoms with Gasteiger partial charge >= 0.3 is 12.1 Å². The molecule has 25 heavy (non-hydrogen) atoms. The Kier molecular flexibility index (Phi) is 5.23. The van der Waals surface area contributed by atoms with Crippen LogP contribution in [-0.2, 0) is 16.1 Å². The van der Waals surface area contributed by atoms with Crippen LogP contribution in [0.25, 0.3) is 0 Å². The number of nitrogens with zero attached hydrogens (tertiary/aromatic N) is 2. The van der Waals surface area contributed by atoms with Gasteiger partial charge in [-0.1, -0.05) is 30.3 Å². The average molecular weight is 346 g/mol. The molecule has 0 saturated carbocycles. The van der Waals surface area contributed by atoms with E-state index in [1.165, 1.54) is 5.56 Å². The zero-order valence-corrected chi connectivity index (χ0v) is 13.9. The fourth-order valence-electron chi connectivity index (χ4n) is 3.33. The first kappa shape index (κ1) is 17.3. The molecule has 2 N–H and O–H groups in total. The first-order valence-corrected chi connectivity index (χ1v) is 8.37. The summed E-state index contributed by atoms with van der Waals surface area (Å²) in [6, 6.07) is 9.22. The first-order valence-electron chi connectivity index (χ1n) is 8.37. The molecule has 0 radical (unpaired) electrons. The molecule has 2 aliphatic heterocycles. The molecule has 0 spiro atoms. The van der Waals surface area contributed by atoms with Gasteiger partial charge in [0, 0.05) is 32.5 Å². The number of amides is 1. The molecule has 7 nitrogen and oxygen atoms in total. The number of aliphatic carboxylic acids is 1. The van der Waals surface area contributed by atoms with E-state index in [0.29, 0.717) is 0 Å². The third-order valence-corrected chi connectivity index (χ3v) is 4.61. The van der Waals surface area contributed by atoms with Gasteiger partial charge in [0.15, 0.2) is 0 Å². The Morgan fingerprint density at radius 3 is 2.52 bits per heavy atom. The number of carboxylic acids is 1. The minimum Gasteiger partial charge on any atom is -0.493 e. The van der Waals surface area contributed by atoms with Gasteiger partial charge in [-0.25, -0.2) is 9.59 Å². The largest absolute Gasteiger partial charge is 0.493 e. The van der Waals surface area contributed by atoms with Crippen LogP contribution in [-0.4, -0.2) is 63.9 Å². The lowest BCUT2D eigenvalue weighted by Gasteiger charge is -2.27. The number of carbonyl (C=O) groups is 2. The maximum atomic E-state index is 11.2. The van der Waals surface area contributed by atoms with E-state index >= 15 is 0 Å². The summed E-state index contributed by atoms with van der Waals surface area (Å²) >= 11 is 0. The van der Waals surface area contributed by atoms with Crippen LogP contribution < -0.4 is 0 Å². The van der Waals surface area contributed by atoms with Gasteiger partial charge in [0.25, 0.3) is 0 Å². The third kappa shape index (κ3) is 4.30. The van der Waals surface area contributed by atoms with Gasteiger partial charge in [0.1, 0.15) is 12.1 Å². The lowest BCUT2D eigenvalue weighted by molar-refractivity contribution is -0.141. The van der Waals surface area contributed by atoms with Gasteiger partial charge in [-0.2, -0.15) is 0 Å². The van der Waals surface area contributed by atoms with Gasteiger partial charge in [-0.3, -0.25) is 9.80 Å². The highest BCUT2D eigenvalue weighted by atomic mass is 16.5. The van der Waals surface area contributed by atoms with E-state index in [1.54, 1.807) is 0 Å². The number of likely N-dealkylation sites (tertiary alicyclic amines) is 1. The number of benzene rings is 1. The maximum Gasteiger partial charge on any atom is 0.408 e. The van der Waals surface area contributed by atoms with Gasteiger partial charge in [-0.15, -0.1) is 0 Å². The van der Waals surface area contributed by atoms with Crippen LogP contribution in [0.3, 0.4) is 0 Å². The van der Waals surface area contributed by atoms with Crippen molar-refractivity contribution in [2.24, 2.45) is 0 Å². The molecule has 2 atom stereocenters. The van der Waals surface area contributed by atoms with Crippen molar-refractivity contribution in [1.29, 1.82) is 0 Å². The summed E-state index contributed by atoms with van der Waals surface area (Å²) in [6.07, 6.45) is 1.32. The predicted octanol–water partition coefficient (Wildman–Crippen LogP) is 2.00. The number of carboxylic acid groups (broad SMARTS) is 2. The van der Waals surface area contributed by atoms with Crippen molar-refractivity contribution >= 4 is 12.1 Å². The van der Waals surface area contributed by atoms with Gasteiger partial charge in [0.05, 0.1) is 12.3 Å². The second-order valence-corrected chi connectivity index (χ2v) is 6.41. The summed E-state index contributed by atoms with van der Waals surface area (Å²) in [5, 5.41) is 18.3. The molecular formula is C18H22N2O5. The van der Waals surface area contributed by atoms with Crippen molar-refractivity contribution < 1.29 is 24.5 Å². The maximum absolute atomic E-state index is 11.2. The van der Waals surface area contributed by atoms with Crippen molar-refractivity contribution in [3.63, 3.8) is 0 Å². The molecule has 3 rings (SSSR count). The van der Waals surface area contributed by atoms with Crippen LogP contribution in [0.15, 0.2) is 42.2 Å². The topological polar surface area (TPSA) is 90.3 Å². The Morgan fingerprint density at radius 2 is 1.96 bits per heavy atom. The molecular weight excluding hydrogens is 324 g/mol. The van der Waals surface area contributed by atoms with Crippen LogP contribution in [0.4, 0.5) is 4.79 Å². The van der Waals surface area contributed by atoms with Crippen molar-refractivity contribution in [3.8, 4) is 0 Å². The molecule has 134 valence electrons. The van der Waals surface area contributed by atoms with E-state index in [2.05, 4.69) is 17.0 Å². The van der Waals surface area contributed by atoms with Crippen molar-refractivity contribution in [2.75, 3.05) is 19.6 Å². The smallest absolute Gasteiger partial charge is 0.408 e. The third-order valence-electron chi connectivity index (χ3n) is 4.61. The van der Waals surface area contributed by atoms with E-state index in [4.69, 9.17) is 14.9 Å². The number of ether oxygens (including phenoxy) is 1. The summed E-state index contributed by atoms with van der Waals surface area (Å²) in [7, 11) is 0. The summed E-state index contributed by atoms with van der Waals surface area (Å²) in [4.78, 5) is 25.6. The molecule has 1 fully saturated rings. The first-order chi connectivity index (χ1) is 12.0. The lowest BCUT2D eigenvalue weighted by atomic mass is 10.1.